The van der Waals surface area contributed by atoms with Gasteiger partial charge in [0.2, 0.25) is 5.89 Å². The normalized spacial score (nSPS) is 12.4. The molecule has 0 aliphatic rings. The van der Waals surface area contributed by atoms with E-state index in [1.54, 1.807) is 13.1 Å². The van der Waals surface area contributed by atoms with Gasteiger partial charge in [0.25, 0.3) is 0 Å². The zero-order valence-electron chi connectivity index (χ0n) is 10.7. The number of oxazole rings is 1. The van der Waals surface area contributed by atoms with Crippen molar-refractivity contribution in [3.63, 3.8) is 0 Å². The van der Waals surface area contributed by atoms with Gasteiger partial charge in [-0.05, 0) is 6.92 Å². The van der Waals surface area contributed by atoms with Gasteiger partial charge in [-0.1, -0.05) is 13.8 Å². The van der Waals surface area contributed by atoms with Gasteiger partial charge in [-0.2, -0.15) is 0 Å². The van der Waals surface area contributed by atoms with E-state index < -0.39 is 0 Å². The molecule has 0 aliphatic heterocycles. The second-order valence-electron chi connectivity index (χ2n) is 3.86. The topological polar surface area (TPSA) is 64.4 Å². The molecule has 0 aliphatic carbocycles. The molecule has 0 saturated heterocycles. The van der Waals surface area contributed by atoms with Crippen molar-refractivity contribution in [3.05, 3.63) is 17.8 Å². The summed E-state index contributed by atoms with van der Waals surface area (Å²) in [6, 6.07) is 0. The van der Waals surface area contributed by atoms with Crippen LogP contribution in [0.3, 0.4) is 0 Å². The quantitative estimate of drug-likeness (QED) is 0.732. The molecule has 1 aromatic heterocycles. The van der Waals surface area contributed by atoms with E-state index in [0.717, 1.165) is 12.2 Å². The Morgan fingerprint density at radius 3 is 2.94 bits per heavy atom. The van der Waals surface area contributed by atoms with Crippen LogP contribution in [0.4, 0.5) is 0 Å². The van der Waals surface area contributed by atoms with Gasteiger partial charge in [0.05, 0.1) is 25.3 Å². The van der Waals surface area contributed by atoms with Gasteiger partial charge in [-0.25, -0.2) is 4.98 Å². The van der Waals surface area contributed by atoms with E-state index in [1.165, 1.54) is 0 Å². The Balaban J connectivity index is 2.25. The van der Waals surface area contributed by atoms with Gasteiger partial charge in [0, 0.05) is 13.0 Å². The number of carbonyl (C=O) groups is 1. The zero-order valence-corrected chi connectivity index (χ0v) is 10.7. The van der Waals surface area contributed by atoms with Gasteiger partial charge in [0.1, 0.15) is 5.76 Å². The van der Waals surface area contributed by atoms with Gasteiger partial charge >= 0.3 is 5.97 Å². The first-order chi connectivity index (χ1) is 8.17. The average molecular weight is 240 g/mol. The van der Waals surface area contributed by atoms with Gasteiger partial charge in [0.15, 0.2) is 0 Å². The SMILES string of the molecule is CCOC(=O)C(C)CNCc1ncc(CC)o1. The van der Waals surface area contributed by atoms with Crippen molar-refractivity contribution >= 4 is 5.97 Å². The molecule has 1 heterocycles. The fourth-order valence-corrected chi connectivity index (χ4v) is 1.36. The predicted octanol–water partition coefficient (Wildman–Crippen LogP) is 1.53. The van der Waals surface area contributed by atoms with E-state index in [4.69, 9.17) is 9.15 Å². The van der Waals surface area contributed by atoms with E-state index in [2.05, 4.69) is 10.3 Å². The highest BCUT2D eigenvalue weighted by atomic mass is 16.5. The number of carbonyl (C=O) groups excluding carboxylic acids is 1. The number of hydrogen-bond acceptors (Lipinski definition) is 5. The van der Waals surface area contributed by atoms with Crippen LogP contribution in [0.5, 0.6) is 0 Å². The average Bonchev–Trinajstić information content (AvgIpc) is 2.77. The number of ether oxygens (including phenoxy) is 1. The molecule has 1 aromatic rings. The van der Waals surface area contributed by atoms with E-state index in [-0.39, 0.29) is 11.9 Å². The summed E-state index contributed by atoms with van der Waals surface area (Å²) in [7, 11) is 0. The number of aromatic nitrogens is 1. The Bertz CT molecular complexity index is 349. The lowest BCUT2D eigenvalue weighted by atomic mass is 10.2. The first-order valence-electron chi connectivity index (χ1n) is 5.98. The lowest BCUT2D eigenvalue weighted by molar-refractivity contribution is -0.147. The minimum absolute atomic E-state index is 0.157. The minimum Gasteiger partial charge on any atom is -0.466 e. The molecule has 1 atom stereocenters. The molecule has 1 N–H and O–H groups in total. The van der Waals surface area contributed by atoms with Crippen LogP contribution in [0.15, 0.2) is 10.6 Å². The first-order valence-corrected chi connectivity index (χ1v) is 5.98. The summed E-state index contributed by atoms with van der Waals surface area (Å²) in [5, 5.41) is 3.12. The third kappa shape index (κ3) is 4.56. The largest absolute Gasteiger partial charge is 0.466 e. The molecule has 5 heteroatoms. The molecular formula is C12H20N2O3. The van der Waals surface area contributed by atoms with Crippen LogP contribution in [0, 0.1) is 5.92 Å². The minimum atomic E-state index is -0.179. The molecule has 96 valence electrons. The molecule has 0 saturated carbocycles. The summed E-state index contributed by atoms with van der Waals surface area (Å²) in [5.41, 5.74) is 0. The number of rotatable bonds is 7. The number of hydrogen-bond donors (Lipinski definition) is 1. The molecule has 5 nitrogen and oxygen atoms in total. The van der Waals surface area contributed by atoms with E-state index >= 15 is 0 Å². The summed E-state index contributed by atoms with van der Waals surface area (Å²) in [6.07, 6.45) is 2.57. The Hall–Kier alpha value is -1.36. The van der Waals surface area contributed by atoms with Crippen LogP contribution in [-0.4, -0.2) is 24.1 Å². The lowest BCUT2D eigenvalue weighted by Crippen LogP contribution is -2.27. The van der Waals surface area contributed by atoms with Gasteiger partial charge < -0.3 is 14.5 Å². The molecule has 0 fully saturated rings. The maximum atomic E-state index is 11.3. The van der Waals surface area contributed by atoms with Gasteiger partial charge in [-0.15, -0.1) is 0 Å². The van der Waals surface area contributed by atoms with Crippen molar-refractivity contribution in [2.24, 2.45) is 5.92 Å². The zero-order chi connectivity index (χ0) is 12.7. The molecule has 0 radical (unpaired) electrons. The third-order valence-corrected chi connectivity index (χ3v) is 2.37. The Morgan fingerprint density at radius 1 is 1.59 bits per heavy atom. The highest BCUT2D eigenvalue weighted by Gasteiger charge is 2.13. The van der Waals surface area contributed by atoms with Gasteiger partial charge in [-0.3, -0.25) is 4.79 Å². The van der Waals surface area contributed by atoms with Crippen molar-refractivity contribution in [1.82, 2.24) is 10.3 Å². The summed E-state index contributed by atoms with van der Waals surface area (Å²) in [5.74, 6) is 1.19. The van der Waals surface area contributed by atoms with Crippen LogP contribution < -0.4 is 5.32 Å². The fraction of sp³-hybridized carbons (Fsp3) is 0.667. The summed E-state index contributed by atoms with van der Waals surface area (Å²) in [4.78, 5) is 15.5. The van der Waals surface area contributed by atoms with Crippen LogP contribution in [0.2, 0.25) is 0 Å². The van der Waals surface area contributed by atoms with Crippen molar-refractivity contribution in [2.75, 3.05) is 13.2 Å². The van der Waals surface area contributed by atoms with E-state index in [1.807, 2.05) is 13.8 Å². The fourth-order valence-electron chi connectivity index (χ4n) is 1.36. The highest BCUT2D eigenvalue weighted by molar-refractivity contribution is 5.72. The predicted molar refractivity (Wildman–Crippen MR) is 63.4 cm³/mol. The Morgan fingerprint density at radius 2 is 2.35 bits per heavy atom. The monoisotopic (exact) mass is 240 g/mol. The van der Waals surface area contributed by atoms with Crippen LogP contribution in [-0.2, 0) is 22.5 Å². The first kappa shape index (κ1) is 13.7. The van der Waals surface area contributed by atoms with Crippen LogP contribution >= 0.6 is 0 Å². The highest BCUT2D eigenvalue weighted by Crippen LogP contribution is 2.04. The maximum absolute atomic E-state index is 11.3. The summed E-state index contributed by atoms with van der Waals surface area (Å²) in [6.45, 7) is 7.16. The molecule has 0 spiro atoms. The van der Waals surface area contributed by atoms with Crippen molar-refractivity contribution in [2.45, 2.75) is 33.7 Å². The van der Waals surface area contributed by atoms with E-state index in [9.17, 15) is 4.79 Å². The third-order valence-electron chi connectivity index (χ3n) is 2.37. The number of esters is 1. The van der Waals surface area contributed by atoms with Crippen molar-refractivity contribution in [3.8, 4) is 0 Å². The molecule has 0 bridgehead atoms. The van der Waals surface area contributed by atoms with E-state index in [0.29, 0.717) is 25.6 Å². The second kappa shape index (κ2) is 7.06. The summed E-state index contributed by atoms with van der Waals surface area (Å²) < 4.78 is 10.3. The molecule has 1 unspecified atom stereocenters. The molecule has 1 rings (SSSR count). The second-order valence-corrected chi connectivity index (χ2v) is 3.86. The standard InChI is InChI=1S/C12H20N2O3/c1-4-10-7-14-11(17-10)8-13-6-9(3)12(15)16-5-2/h7,9,13H,4-6,8H2,1-3H3. The molecule has 0 amide bonds. The van der Waals surface area contributed by atoms with Crippen molar-refractivity contribution < 1.29 is 13.9 Å². The molecular weight excluding hydrogens is 220 g/mol. The van der Waals surface area contributed by atoms with Crippen LogP contribution in [0.25, 0.3) is 0 Å². The number of nitrogens with one attached hydrogen (secondary N) is 1. The smallest absolute Gasteiger partial charge is 0.309 e. The van der Waals surface area contributed by atoms with Crippen LogP contribution in [0.1, 0.15) is 32.4 Å². The molecule has 17 heavy (non-hydrogen) atoms. The molecule has 0 aromatic carbocycles. The number of aryl methyl sites for hydroxylation is 1. The Labute approximate surface area is 102 Å². The number of nitrogens with zero attached hydrogens (tertiary/aromatic N) is 1. The maximum Gasteiger partial charge on any atom is 0.309 e. The lowest BCUT2D eigenvalue weighted by Gasteiger charge is -2.10. The van der Waals surface area contributed by atoms with Crippen molar-refractivity contribution in [1.29, 1.82) is 0 Å². The Kier molecular flexibility index (Phi) is 5.69. The summed E-state index contributed by atoms with van der Waals surface area (Å²) >= 11 is 0.